The van der Waals surface area contributed by atoms with Gasteiger partial charge in [0.15, 0.2) is 0 Å². The Hall–Kier alpha value is -1.85. The van der Waals surface area contributed by atoms with E-state index in [9.17, 15) is 9.59 Å². The van der Waals surface area contributed by atoms with E-state index in [1.54, 1.807) is 0 Å². The van der Waals surface area contributed by atoms with Crippen molar-refractivity contribution < 1.29 is 9.59 Å². The molecule has 0 bridgehead atoms. The highest BCUT2D eigenvalue weighted by molar-refractivity contribution is 5.76. The predicted molar refractivity (Wildman–Crippen MR) is 68.1 cm³/mol. The summed E-state index contributed by atoms with van der Waals surface area (Å²) in [5.41, 5.74) is 3.06. The van der Waals surface area contributed by atoms with Crippen molar-refractivity contribution in [2.75, 3.05) is 13.1 Å². The van der Waals surface area contributed by atoms with E-state index in [2.05, 4.69) is 20.8 Å². The molecule has 0 saturated heterocycles. The monoisotopic (exact) mass is 252 g/mol. The Morgan fingerprint density at radius 3 is 2.44 bits per heavy atom. The minimum Gasteiger partial charge on any atom is -0.355 e. The second-order valence-electron chi connectivity index (χ2n) is 4.25. The lowest BCUT2D eigenvalue weighted by molar-refractivity contribution is -0.122. The summed E-state index contributed by atoms with van der Waals surface area (Å²) in [5.74, 6) is -0.103. The molecule has 0 aromatic carbocycles. The number of aromatic amines is 1. The molecule has 0 aliphatic rings. The van der Waals surface area contributed by atoms with Crippen molar-refractivity contribution in [3.05, 3.63) is 17.0 Å². The van der Waals surface area contributed by atoms with E-state index in [0.29, 0.717) is 25.9 Å². The molecule has 0 spiro atoms. The molecule has 0 saturated carbocycles. The van der Waals surface area contributed by atoms with Crippen LogP contribution in [0, 0.1) is 13.8 Å². The van der Waals surface area contributed by atoms with Crippen LogP contribution in [0.4, 0.5) is 0 Å². The van der Waals surface area contributed by atoms with Crippen LogP contribution in [0.1, 0.15) is 30.3 Å². The Morgan fingerprint density at radius 2 is 1.89 bits per heavy atom. The number of aromatic nitrogens is 2. The highest BCUT2D eigenvalue weighted by atomic mass is 16.2. The Labute approximate surface area is 107 Å². The number of H-pyrrole nitrogens is 1. The highest BCUT2D eigenvalue weighted by Crippen LogP contribution is 2.11. The van der Waals surface area contributed by atoms with Crippen molar-refractivity contribution in [3.8, 4) is 0 Å². The molecular formula is C12H20N4O2. The summed E-state index contributed by atoms with van der Waals surface area (Å²) in [6.07, 6.45) is 1.11. The molecule has 100 valence electrons. The summed E-state index contributed by atoms with van der Waals surface area (Å²) >= 11 is 0. The van der Waals surface area contributed by atoms with Crippen LogP contribution >= 0.6 is 0 Å². The van der Waals surface area contributed by atoms with Gasteiger partial charge in [-0.2, -0.15) is 5.10 Å². The molecule has 6 nitrogen and oxygen atoms in total. The van der Waals surface area contributed by atoms with Crippen LogP contribution in [0.5, 0.6) is 0 Å². The lowest BCUT2D eigenvalue weighted by Crippen LogP contribution is -2.33. The van der Waals surface area contributed by atoms with Crippen molar-refractivity contribution in [2.45, 2.75) is 33.6 Å². The third-order valence-corrected chi connectivity index (χ3v) is 2.70. The molecule has 3 N–H and O–H groups in total. The van der Waals surface area contributed by atoms with Gasteiger partial charge < -0.3 is 10.6 Å². The molecule has 0 aliphatic heterocycles. The van der Waals surface area contributed by atoms with Gasteiger partial charge in [-0.3, -0.25) is 14.7 Å². The maximum Gasteiger partial charge on any atom is 0.220 e. The molecule has 1 aromatic heterocycles. The van der Waals surface area contributed by atoms with Crippen LogP contribution in [0.2, 0.25) is 0 Å². The average Bonchev–Trinajstić information content (AvgIpc) is 2.62. The largest absolute Gasteiger partial charge is 0.355 e. The molecule has 0 atom stereocenters. The lowest BCUT2D eigenvalue weighted by atomic mass is 10.1. The van der Waals surface area contributed by atoms with Gasteiger partial charge in [0.2, 0.25) is 11.8 Å². The minimum absolute atomic E-state index is 0.0136. The normalized spacial score (nSPS) is 10.2. The molecule has 1 heterocycles. The SMILES string of the molecule is CC(=O)NCCNC(=O)CCc1c(C)n[nH]c1C. The lowest BCUT2D eigenvalue weighted by Gasteiger charge is -2.05. The fourth-order valence-electron chi connectivity index (χ4n) is 1.71. The first kappa shape index (κ1) is 14.2. The number of hydrogen-bond donors (Lipinski definition) is 3. The summed E-state index contributed by atoms with van der Waals surface area (Å²) in [7, 11) is 0. The van der Waals surface area contributed by atoms with Crippen molar-refractivity contribution in [2.24, 2.45) is 0 Å². The molecule has 0 fully saturated rings. The summed E-state index contributed by atoms with van der Waals surface area (Å²) in [6, 6.07) is 0. The summed E-state index contributed by atoms with van der Waals surface area (Å²) in [4.78, 5) is 22.2. The highest BCUT2D eigenvalue weighted by Gasteiger charge is 2.08. The zero-order valence-corrected chi connectivity index (χ0v) is 11.1. The number of rotatable bonds is 6. The van der Waals surface area contributed by atoms with E-state index in [1.165, 1.54) is 6.92 Å². The number of nitrogens with zero attached hydrogens (tertiary/aromatic N) is 1. The van der Waals surface area contributed by atoms with Crippen LogP contribution in [0.3, 0.4) is 0 Å². The number of amides is 2. The van der Waals surface area contributed by atoms with E-state index in [0.717, 1.165) is 17.0 Å². The van der Waals surface area contributed by atoms with Gasteiger partial charge >= 0.3 is 0 Å². The summed E-state index contributed by atoms with van der Waals surface area (Å²) in [5, 5.41) is 12.4. The summed E-state index contributed by atoms with van der Waals surface area (Å²) < 4.78 is 0. The van der Waals surface area contributed by atoms with E-state index < -0.39 is 0 Å². The molecule has 0 radical (unpaired) electrons. The molecule has 1 aromatic rings. The topological polar surface area (TPSA) is 86.9 Å². The van der Waals surface area contributed by atoms with Gasteiger partial charge in [0.25, 0.3) is 0 Å². The third kappa shape index (κ3) is 4.57. The number of carbonyl (C=O) groups is 2. The van der Waals surface area contributed by atoms with Gasteiger partial charge in [0, 0.05) is 32.1 Å². The van der Waals surface area contributed by atoms with Gasteiger partial charge in [-0.1, -0.05) is 0 Å². The third-order valence-electron chi connectivity index (χ3n) is 2.70. The molecule has 0 unspecified atom stereocenters. The van der Waals surface area contributed by atoms with Crippen LogP contribution < -0.4 is 10.6 Å². The Morgan fingerprint density at radius 1 is 1.22 bits per heavy atom. The Kier molecular flexibility index (Phi) is 5.35. The van der Waals surface area contributed by atoms with Crippen molar-refractivity contribution in [1.82, 2.24) is 20.8 Å². The van der Waals surface area contributed by atoms with Crippen LogP contribution in [0.25, 0.3) is 0 Å². The molecule has 2 amide bonds. The van der Waals surface area contributed by atoms with Crippen LogP contribution in [-0.4, -0.2) is 35.1 Å². The first-order valence-corrected chi connectivity index (χ1v) is 6.02. The zero-order valence-electron chi connectivity index (χ0n) is 11.1. The fourth-order valence-corrected chi connectivity index (χ4v) is 1.71. The van der Waals surface area contributed by atoms with Crippen molar-refractivity contribution in [1.29, 1.82) is 0 Å². The number of hydrogen-bond acceptors (Lipinski definition) is 3. The number of nitrogens with one attached hydrogen (secondary N) is 3. The maximum atomic E-state index is 11.6. The minimum atomic E-state index is -0.0890. The molecule has 6 heteroatoms. The zero-order chi connectivity index (χ0) is 13.5. The van der Waals surface area contributed by atoms with Gasteiger partial charge in [0.05, 0.1) is 5.69 Å². The Bertz CT molecular complexity index is 406. The van der Waals surface area contributed by atoms with E-state index in [4.69, 9.17) is 0 Å². The maximum absolute atomic E-state index is 11.6. The van der Waals surface area contributed by atoms with E-state index in [1.807, 2.05) is 13.8 Å². The molecule has 0 aliphatic carbocycles. The quantitative estimate of drug-likeness (QED) is 0.633. The molecular weight excluding hydrogens is 232 g/mol. The van der Waals surface area contributed by atoms with Crippen molar-refractivity contribution >= 4 is 11.8 Å². The van der Waals surface area contributed by atoms with Crippen molar-refractivity contribution in [3.63, 3.8) is 0 Å². The van der Waals surface area contributed by atoms with E-state index in [-0.39, 0.29) is 11.8 Å². The van der Waals surface area contributed by atoms with Crippen LogP contribution in [-0.2, 0) is 16.0 Å². The standard InChI is InChI=1S/C12H20N4O2/c1-8-11(9(2)16-15-8)4-5-12(18)14-7-6-13-10(3)17/h4-7H2,1-3H3,(H,13,17)(H,14,18)(H,15,16). The average molecular weight is 252 g/mol. The molecule has 1 rings (SSSR count). The van der Waals surface area contributed by atoms with Gasteiger partial charge in [-0.05, 0) is 25.8 Å². The van der Waals surface area contributed by atoms with Gasteiger partial charge in [-0.25, -0.2) is 0 Å². The number of carbonyl (C=O) groups excluding carboxylic acids is 2. The van der Waals surface area contributed by atoms with Crippen LogP contribution in [0.15, 0.2) is 0 Å². The molecule has 18 heavy (non-hydrogen) atoms. The number of aryl methyl sites for hydroxylation is 2. The fraction of sp³-hybridized carbons (Fsp3) is 0.583. The van der Waals surface area contributed by atoms with Gasteiger partial charge in [-0.15, -0.1) is 0 Å². The predicted octanol–water partition coefficient (Wildman–Crippen LogP) is 0.211. The second kappa shape index (κ2) is 6.78. The first-order chi connectivity index (χ1) is 8.50. The van der Waals surface area contributed by atoms with Gasteiger partial charge in [0.1, 0.15) is 0 Å². The second-order valence-corrected chi connectivity index (χ2v) is 4.25. The summed E-state index contributed by atoms with van der Waals surface area (Å²) in [6.45, 7) is 6.25. The smallest absolute Gasteiger partial charge is 0.220 e. The van der Waals surface area contributed by atoms with E-state index >= 15 is 0 Å². The first-order valence-electron chi connectivity index (χ1n) is 6.02. The Balaban J connectivity index is 2.23.